The van der Waals surface area contributed by atoms with Crippen molar-refractivity contribution in [3.8, 4) is 0 Å². The summed E-state index contributed by atoms with van der Waals surface area (Å²) in [5.41, 5.74) is 2.79. The molecule has 0 aromatic heterocycles. The Morgan fingerprint density at radius 1 is 1.35 bits per heavy atom. The Bertz CT molecular complexity index is 528. The first-order chi connectivity index (χ1) is 9.52. The zero-order valence-electron chi connectivity index (χ0n) is 12.1. The molecule has 1 saturated heterocycles. The van der Waals surface area contributed by atoms with Crippen LogP contribution in [0.2, 0.25) is 0 Å². The van der Waals surface area contributed by atoms with E-state index in [4.69, 9.17) is 0 Å². The average Bonchev–Trinajstić information content (AvgIpc) is 2.89. The van der Waals surface area contributed by atoms with Gasteiger partial charge in [0.1, 0.15) is 0 Å². The molecule has 2 amide bonds. The second kappa shape index (κ2) is 5.94. The van der Waals surface area contributed by atoms with Crippen molar-refractivity contribution in [2.45, 2.75) is 26.3 Å². The number of aryl methyl sites for hydroxylation is 1. The molecule has 1 aromatic carbocycles. The molecule has 0 aliphatic carbocycles. The van der Waals surface area contributed by atoms with E-state index in [9.17, 15) is 9.59 Å². The molecule has 0 saturated carbocycles. The summed E-state index contributed by atoms with van der Waals surface area (Å²) in [6.45, 7) is 5.05. The van der Waals surface area contributed by atoms with Crippen LogP contribution in [0.4, 0.5) is 4.79 Å². The number of nitrogens with one attached hydrogen (secondary N) is 1. The minimum absolute atomic E-state index is 0.0125. The van der Waals surface area contributed by atoms with Crippen molar-refractivity contribution in [3.05, 3.63) is 34.9 Å². The van der Waals surface area contributed by atoms with Crippen molar-refractivity contribution in [1.82, 2.24) is 10.2 Å². The molecule has 0 radical (unpaired) electrons. The number of hydrogen-bond donors (Lipinski definition) is 1. The highest BCUT2D eigenvalue weighted by Gasteiger charge is 2.28. The molecule has 108 valence electrons. The number of nitrogens with zero attached hydrogens (tertiary/aromatic N) is 1. The smallest absolute Gasteiger partial charge is 0.409 e. The molecule has 1 aromatic rings. The van der Waals surface area contributed by atoms with E-state index >= 15 is 0 Å². The van der Waals surface area contributed by atoms with Crippen molar-refractivity contribution in [2.75, 3.05) is 20.2 Å². The molecule has 1 heterocycles. The highest BCUT2D eigenvalue weighted by Crippen LogP contribution is 2.15. The average molecular weight is 276 g/mol. The molecular weight excluding hydrogens is 256 g/mol. The summed E-state index contributed by atoms with van der Waals surface area (Å²) in [7, 11) is 1.37. The van der Waals surface area contributed by atoms with E-state index in [1.165, 1.54) is 7.11 Å². The van der Waals surface area contributed by atoms with Crippen LogP contribution in [-0.4, -0.2) is 43.1 Å². The predicted octanol–water partition coefficient (Wildman–Crippen LogP) is 1.87. The second-order valence-electron chi connectivity index (χ2n) is 5.12. The number of carbonyl (C=O) groups is 2. The fourth-order valence-electron chi connectivity index (χ4n) is 2.43. The van der Waals surface area contributed by atoms with E-state index in [1.807, 2.05) is 32.0 Å². The number of rotatable bonds is 2. The normalized spacial score (nSPS) is 17.9. The summed E-state index contributed by atoms with van der Waals surface area (Å²) in [5.74, 6) is -0.0806. The lowest BCUT2D eigenvalue weighted by Gasteiger charge is -2.16. The molecule has 0 spiro atoms. The quantitative estimate of drug-likeness (QED) is 0.897. The standard InChI is InChI=1S/C15H20N2O3/c1-10-5-4-6-13(11(10)2)14(18)16-12-7-8-17(9-12)15(19)20-3/h4-6,12H,7-9H2,1-3H3,(H,16,18). The third-order valence-corrected chi connectivity index (χ3v) is 3.81. The summed E-state index contributed by atoms with van der Waals surface area (Å²) in [4.78, 5) is 25.3. The maximum Gasteiger partial charge on any atom is 0.409 e. The Hall–Kier alpha value is -2.04. The van der Waals surface area contributed by atoms with E-state index in [0.29, 0.717) is 18.7 Å². The van der Waals surface area contributed by atoms with Crippen LogP contribution in [0.15, 0.2) is 18.2 Å². The molecular formula is C15H20N2O3. The Kier molecular flexibility index (Phi) is 4.27. The summed E-state index contributed by atoms with van der Waals surface area (Å²) in [6, 6.07) is 5.68. The Labute approximate surface area is 118 Å². The van der Waals surface area contributed by atoms with Gasteiger partial charge in [-0.2, -0.15) is 0 Å². The molecule has 5 nitrogen and oxygen atoms in total. The number of carbonyl (C=O) groups excluding carboxylic acids is 2. The number of ether oxygens (including phenoxy) is 1. The lowest BCUT2D eigenvalue weighted by Crippen LogP contribution is -2.38. The molecule has 1 aliphatic rings. The van der Waals surface area contributed by atoms with Crippen LogP contribution in [0.25, 0.3) is 0 Å². The lowest BCUT2D eigenvalue weighted by molar-refractivity contribution is 0.0933. The first kappa shape index (κ1) is 14.4. The van der Waals surface area contributed by atoms with Gasteiger partial charge in [0.25, 0.3) is 5.91 Å². The van der Waals surface area contributed by atoms with Gasteiger partial charge in [-0.1, -0.05) is 12.1 Å². The summed E-state index contributed by atoms with van der Waals surface area (Å²) in [5, 5.41) is 2.98. The number of hydrogen-bond acceptors (Lipinski definition) is 3. The van der Waals surface area contributed by atoms with Gasteiger partial charge in [0.05, 0.1) is 7.11 Å². The maximum absolute atomic E-state index is 12.3. The topological polar surface area (TPSA) is 58.6 Å². The van der Waals surface area contributed by atoms with Crippen molar-refractivity contribution in [1.29, 1.82) is 0 Å². The fourth-order valence-corrected chi connectivity index (χ4v) is 2.43. The van der Waals surface area contributed by atoms with Gasteiger partial charge >= 0.3 is 6.09 Å². The van der Waals surface area contributed by atoms with Gasteiger partial charge in [-0.15, -0.1) is 0 Å². The van der Waals surface area contributed by atoms with Crippen LogP contribution in [0.5, 0.6) is 0 Å². The molecule has 5 heteroatoms. The van der Waals surface area contributed by atoms with E-state index < -0.39 is 0 Å². The number of likely N-dealkylation sites (tertiary alicyclic amines) is 1. The van der Waals surface area contributed by atoms with E-state index in [2.05, 4.69) is 10.1 Å². The summed E-state index contributed by atoms with van der Waals surface area (Å²) < 4.78 is 4.68. The van der Waals surface area contributed by atoms with Gasteiger partial charge in [0, 0.05) is 24.7 Å². The van der Waals surface area contributed by atoms with Gasteiger partial charge < -0.3 is 15.0 Å². The second-order valence-corrected chi connectivity index (χ2v) is 5.12. The minimum Gasteiger partial charge on any atom is -0.453 e. The van der Waals surface area contributed by atoms with Crippen LogP contribution in [0.1, 0.15) is 27.9 Å². The lowest BCUT2D eigenvalue weighted by atomic mass is 10.0. The van der Waals surface area contributed by atoms with Crippen molar-refractivity contribution < 1.29 is 14.3 Å². The van der Waals surface area contributed by atoms with Crippen LogP contribution in [0, 0.1) is 13.8 Å². The third kappa shape index (κ3) is 2.92. The van der Waals surface area contributed by atoms with Crippen molar-refractivity contribution in [3.63, 3.8) is 0 Å². The molecule has 20 heavy (non-hydrogen) atoms. The fraction of sp³-hybridized carbons (Fsp3) is 0.467. The monoisotopic (exact) mass is 276 g/mol. The van der Waals surface area contributed by atoms with Crippen molar-refractivity contribution in [2.24, 2.45) is 0 Å². The van der Waals surface area contributed by atoms with Gasteiger partial charge in [0.15, 0.2) is 0 Å². The first-order valence-electron chi connectivity index (χ1n) is 6.73. The largest absolute Gasteiger partial charge is 0.453 e. The Morgan fingerprint density at radius 2 is 2.10 bits per heavy atom. The van der Waals surface area contributed by atoms with E-state index in [-0.39, 0.29) is 18.0 Å². The SMILES string of the molecule is COC(=O)N1CCC(NC(=O)c2cccc(C)c2C)C1. The van der Waals surface area contributed by atoms with Gasteiger partial charge in [-0.05, 0) is 37.5 Å². The zero-order valence-corrected chi connectivity index (χ0v) is 12.1. The molecule has 1 unspecified atom stereocenters. The number of methoxy groups -OCH3 is 1. The maximum atomic E-state index is 12.3. The minimum atomic E-state index is -0.339. The summed E-state index contributed by atoms with van der Waals surface area (Å²) >= 11 is 0. The van der Waals surface area contributed by atoms with E-state index in [0.717, 1.165) is 17.5 Å². The molecule has 0 bridgehead atoms. The van der Waals surface area contributed by atoms with Gasteiger partial charge in [-0.25, -0.2) is 4.79 Å². The molecule has 1 fully saturated rings. The first-order valence-corrected chi connectivity index (χ1v) is 6.73. The molecule has 1 atom stereocenters. The van der Waals surface area contributed by atoms with Crippen LogP contribution >= 0.6 is 0 Å². The van der Waals surface area contributed by atoms with Crippen LogP contribution in [0.3, 0.4) is 0 Å². The summed E-state index contributed by atoms with van der Waals surface area (Å²) in [6.07, 6.45) is 0.416. The van der Waals surface area contributed by atoms with Crippen LogP contribution < -0.4 is 5.32 Å². The number of amides is 2. The molecule has 2 rings (SSSR count). The molecule has 1 N–H and O–H groups in total. The predicted molar refractivity (Wildman–Crippen MR) is 75.8 cm³/mol. The highest BCUT2D eigenvalue weighted by atomic mass is 16.5. The third-order valence-electron chi connectivity index (χ3n) is 3.81. The number of benzene rings is 1. The van der Waals surface area contributed by atoms with Crippen LogP contribution in [-0.2, 0) is 4.74 Å². The van der Waals surface area contributed by atoms with Gasteiger partial charge in [-0.3, -0.25) is 4.79 Å². The Morgan fingerprint density at radius 3 is 2.80 bits per heavy atom. The Balaban J connectivity index is 1.99. The zero-order chi connectivity index (χ0) is 14.7. The van der Waals surface area contributed by atoms with Crippen molar-refractivity contribution >= 4 is 12.0 Å². The molecule has 1 aliphatic heterocycles. The van der Waals surface area contributed by atoms with Gasteiger partial charge in [0.2, 0.25) is 0 Å². The van der Waals surface area contributed by atoms with E-state index in [1.54, 1.807) is 4.90 Å². The highest BCUT2D eigenvalue weighted by molar-refractivity contribution is 5.96.